The van der Waals surface area contributed by atoms with Crippen LogP contribution >= 0.6 is 11.6 Å². The van der Waals surface area contributed by atoms with Gasteiger partial charge in [0.05, 0.1) is 0 Å². The number of benzene rings is 1. The van der Waals surface area contributed by atoms with Crippen LogP contribution in [0.25, 0.3) is 11.4 Å². The zero-order valence-corrected chi connectivity index (χ0v) is 10.6. The van der Waals surface area contributed by atoms with Crippen molar-refractivity contribution in [3.8, 4) is 29.3 Å². The lowest BCUT2D eigenvalue weighted by atomic mass is 10.2. The second-order valence-corrected chi connectivity index (χ2v) is 3.90. The molecular weight excluding hydrogens is 248 g/mol. The normalized spacial score (nSPS) is 9.44. The summed E-state index contributed by atoms with van der Waals surface area (Å²) >= 11 is 5.93. The molecule has 0 saturated carbocycles. The summed E-state index contributed by atoms with van der Waals surface area (Å²) in [6.07, 6.45) is 4.95. The summed E-state index contributed by atoms with van der Waals surface area (Å²) in [4.78, 5) is 8.44. The summed E-state index contributed by atoms with van der Waals surface area (Å²) in [5.41, 5.74) is 0.844. The van der Waals surface area contributed by atoms with Crippen LogP contribution in [-0.2, 0) is 0 Å². The quantitative estimate of drug-likeness (QED) is 0.773. The van der Waals surface area contributed by atoms with Crippen LogP contribution in [0.15, 0.2) is 36.5 Å². The third kappa shape index (κ3) is 3.22. The molecule has 0 saturated heterocycles. The minimum absolute atomic E-state index is 0.431. The lowest BCUT2D eigenvalue weighted by molar-refractivity contribution is 0.496. The number of halogens is 1. The van der Waals surface area contributed by atoms with Crippen LogP contribution in [0.5, 0.6) is 5.88 Å². The minimum atomic E-state index is 0.431. The molecule has 0 aliphatic carbocycles. The Morgan fingerprint density at radius 1 is 1.33 bits per heavy atom. The van der Waals surface area contributed by atoms with Crippen LogP contribution in [0.2, 0.25) is 5.02 Å². The molecule has 0 fully saturated rings. The second-order valence-electron chi connectivity index (χ2n) is 3.46. The van der Waals surface area contributed by atoms with E-state index in [4.69, 9.17) is 16.3 Å². The maximum Gasteiger partial charge on any atom is 0.234 e. The maximum atomic E-state index is 5.93. The Labute approximate surface area is 111 Å². The van der Waals surface area contributed by atoms with Gasteiger partial charge in [-0.2, -0.15) is 4.98 Å². The SMILES string of the molecule is CCC#COc1ccnc(-c2cccc(Cl)c2)n1. The molecule has 1 aromatic heterocycles. The van der Waals surface area contributed by atoms with Gasteiger partial charge >= 0.3 is 0 Å². The minimum Gasteiger partial charge on any atom is -0.387 e. The van der Waals surface area contributed by atoms with Gasteiger partial charge in [-0.3, -0.25) is 0 Å². The molecule has 3 nitrogen and oxygen atoms in total. The lowest BCUT2D eigenvalue weighted by Crippen LogP contribution is -1.92. The first-order valence-corrected chi connectivity index (χ1v) is 5.91. The van der Waals surface area contributed by atoms with Crippen molar-refractivity contribution < 1.29 is 4.74 Å². The van der Waals surface area contributed by atoms with E-state index in [9.17, 15) is 0 Å². The van der Waals surface area contributed by atoms with E-state index in [0.29, 0.717) is 16.7 Å². The van der Waals surface area contributed by atoms with Gasteiger partial charge in [0.1, 0.15) is 6.11 Å². The van der Waals surface area contributed by atoms with Crippen LogP contribution in [0.4, 0.5) is 0 Å². The number of hydrogen-bond acceptors (Lipinski definition) is 3. The molecule has 0 spiro atoms. The molecule has 90 valence electrons. The summed E-state index contributed by atoms with van der Waals surface area (Å²) < 4.78 is 5.19. The Morgan fingerprint density at radius 2 is 2.22 bits per heavy atom. The van der Waals surface area contributed by atoms with E-state index >= 15 is 0 Å². The molecule has 0 unspecified atom stereocenters. The lowest BCUT2D eigenvalue weighted by Gasteiger charge is -2.01. The van der Waals surface area contributed by atoms with E-state index < -0.39 is 0 Å². The van der Waals surface area contributed by atoms with E-state index in [1.807, 2.05) is 19.1 Å². The average molecular weight is 259 g/mol. The fraction of sp³-hybridized carbons (Fsp3) is 0.143. The monoisotopic (exact) mass is 258 g/mol. The van der Waals surface area contributed by atoms with E-state index in [1.165, 1.54) is 0 Å². The number of rotatable bonds is 2. The molecule has 18 heavy (non-hydrogen) atoms. The third-order valence-corrected chi connectivity index (χ3v) is 2.35. The van der Waals surface area contributed by atoms with Gasteiger partial charge in [0.15, 0.2) is 5.82 Å². The Balaban J connectivity index is 2.27. The predicted octanol–water partition coefficient (Wildman–Crippen LogP) is 3.55. The predicted molar refractivity (Wildman–Crippen MR) is 71.2 cm³/mol. The van der Waals surface area contributed by atoms with Crippen LogP contribution in [0.3, 0.4) is 0 Å². The topological polar surface area (TPSA) is 35.0 Å². The molecule has 0 aliphatic heterocycles. The van der Waals surface area contributed by atoms with E-state index in [0.717, 1.165) is 12.0 Å². The number of hydrogen-bond donors (Lipinski definition) is 0. The van der Waals surface area contributed by atoms with Crippen LogP contribution in [-0.4, -0.2) is 9.97 Å². The number of aromatic nitrogens is 2. The Morgan fingerprint density at radius 3 is 3.00 bits per heavy atom. The zero-order chi connectivity index (χ0) is 12.8. The summed E-state index contributed by atoms with van der Waals surface area (Å²) in [5.74, 6) is 3.81. The van der Waals surface area contributed by atoms with Crippen molar-refractivity contribution in [2.75, 3.05) is 0 Å². The largest absolute Gasteiger partial charge is 0.387 e. The smallest absolute Gasteiger partial charge is 0.234 e. The molecule has 0 bridgehead atoms. The summed E-state index contributed by atoms with van der Waals surface area (Å²) in [6.45, 7) is 1.95. The first-order chi connectivity index (χ1) is 8.79. The van der Waals surface area contributed by atoms with Crippen LogP contribution in [0.1, 0.15) is 13.3 Å². The number of ether oxygens (including phenoxy) is 1. The van der Waals surface area contributed by atoms with E-state index in [1.54, 1.807) is 24.4 Å². The maximum absolute atomic E-state index is 5.93. The van der Waals surface area contributed by atoms with Crippen molar-refractivity contribution in [3.05, 3.63) is 41.6 Å². The van der Waals surface area contributed by atoms with Crippen LogP contribution in [0, 0.1) is 12.0 Å². The molecule has 1 aromatic carbocycles. The van der Waals surface area contributed by atoms with Crippen molar-refractivity contribution in [2.45, 2.75) is 13.3 Å². The highest BCUT2D eigenvalue weighted by molar-refractivity contribution is 6.30. The molecule has 4 heteroatoms. The van der Waals surface area contributed by atoms with E-state index in [2.05, 4.69) is 22.0 Å². The molecule has 0 N–H and O–H groups in total. The molecule has 1 heterocycles. The van der Waals surface area contributed by atoms with Crippen molar-refractivity contribution in [1.82, 2.24) is 9.97 Å². The van der Waals surface area contributed by atoms with E-state index in [-0.39, 0.29) is 0 Å². The Bertz CT molecular complexity index is 602. The van der Waals surface area contributed by atoms with Gasteiger partial charge in [0, 0.05) is 29.3 Å². The average Bonchev–Trinajstić information content (AvgIpc) is 2.39. The molecule has 0 radical (unpaired) electrons. The van der Waals surface area contributed by atoms with Crippen molar-refractivity contribution in [3.63, 3.8) is 0 Å². The fourth-order valence-corrected chi connectivity index (χ4v) is 1.52. The molecular formula is C14H11ClN2O. The van der Waals surface area contributed by atoms with Crippen molar-refractivity contribution >= 4 is 11.6 Å². The molecule has 2 aromatic rings. The summed E-state index contributed by atoms with van der Waals surface area (Å²) in [5, 5.41) is 0.646. The van der Waals surface area contributed by atoms with Crippen molar-refractivity contribution in [2.24, 2.45) is 0 Å². The van der Waals surface area contributed by atoms with Gasteiger partial charge in [-0.25, -0.2) is 4.98 Å². The second kappa shape index (κ2) is 6.04. The van der Waals surface area contributed by atoms with Gasteiger partial charge in [-0.15, -0.1) is 0 Å². The Kier molecular flexibility index (Phi) is 4.16. The van der Waals surface area contributed by atoms with Crippen molar-refractivity contribution in [1.29, 1.82) is 0 Å². The van der Waals surface area contributed by atoms with Gasteiger partial charge in [0.2, 0.25) is 5.88 Å². The van der Waals surface area contributed by atoms with Gasteiger partial charge in [-0.05, 0) is 12.1 Å². The highest BCUT2D eigenvalue weighted by atomic mass is 35.5. The Hall–Kier alpha value is -2.05. The highest BCUT2D eigenvalue weighted by Gasteiger charge is 2.03. The summed E-state index contributed by atoms with van der Waals surface area (Å²) in [7, 11) is 0. The van der Waals surface area contributed by atoms with Crippen LogP contribution < -0.4 is 4.74 Å². The molecule has 0 atom stereocenters. The summed E-state index contributed by atoms with van der Waals surface area (Å²) in [6, 6.07) is 9.02. The molecule has 2 rings (SSSR count). The molecule has 0 aliphatic rings. The van der Waals surface area contributed by atoms with Gasteiger partial charge in [0.25, 0.3) is 0 Å². The first-order valence-electron chi connectivity index (χ1n) is 5.53. The standard InChI is InChI=1S/C14H11ClN2O/c1-2-3-9-18-13-7-8-16-14(17-13)11-5-4-6-12(15)10-11/h4-8,10H,2H2,1H3. The molecule has 0 amide bonds. The van der Waals surface area contributed by atoms with Gasteiger partial charge < -0.3 is 4.74 Å². The van der Waals surface area contributed by atoms with Gasteiger partial charge in [-0.1, -0.05) is 36.6 Å². The number of nitrogens with zero attached hydrogens (tertiary/aromatic N) is 2. The highest BCUT2D eigenvalue weighted by Crippen LogP contribution is 2.20. The first kappa shape index (κ1) is 12.4. The third-order valence-electron chi connectivity index (χ3n) is 2.12. The fourth-order valence-electron chi connectivity index (χ4n) is 1.33. The zero-order valence-electron chi connectivity index (χ0n) is 9.85.